The maximum absolute atomic E-state index is 11.9. The zero-order valence-electron chi connectivity index (χ0n) is 14.9. The lowest BCUT2D eigenvalue weighted by Gasteiger charge is -2.31. The van der Waals surface area contributed by atoms with Crippen LogP contribution in [0.15, 0.2) is 22.4 Å². The molecule has 0 spiro atoms. The maximum atomic E-state index is 11.9. The van der Waals surface area contributed by atoms with E-state index in [0.717, 1.165) is 55.1 Å². The molecule has 3 rings (SSSR count). The van der Waals surface area contributed by atoms with E-state index in [4.69, 9.17) is 4.74 Å². The smallest absolute Gasteiger partial charge is 0.188 e. The summed E-state index contributed by atoms with van der Waals surface area (Å²) in [5.41, 5.74) is 2.54. The van der Waals surface area contributed by atoms with Crippen LogP contribution in [0.2, 0.25) is 0 Å². The fraction of sp³-hybridized carbons (Fsp3) is 0.529. The molecule has 1 N–H and O–H groups in total. The number of aromatic nitrogens is 2. The van der Waals surface area contributed by atoms with Crippen LogP contribution in [0.4, 0.5) is 0 Å². The zero-order chi connectivity index (χ0) is 18.7. The summed E-state index contributed by atoms with van der Waals surface area (Å²) in [5.74, 6) is 0.831. The first-order valence-electron chi connectivity index (χ1n) is 8.43. The largest absolute Gasteiger partial charge is 0.496 e. The quantitative estimate of drug-likeness (QED) is 0.795. The zero-order valence-corrected chi connectivity index (χ0v) is 16.5. The standard InChI is InChI=1S/C17H23N3O4S2/c1-24-15-4-3-12(9-14(15)11-21)10-20-7-5-13(6-8-20)16-17(25-19-18-16)26(2,22)23/h3-4,9,13,21H,5-8,10-11H2,1-2H3. The first-order chi connectivity index (χ1) is 12.4. The Morgan fingerprint density at radius 3 is 2.69 bits per heavy atom. The lowest BCUT2D eigenvalue weighted by atomic mass is 9.94. The van der Waals surface area contributed by atoms with Gasteiger partial charge in [0.2, 0.25) is 0 Å². The molecular weight excluding hydrogens is 374 g/mol. The van der Waals surface area contributed by atoms with E-state index in [2.05, 4.69) is 14.5 Å². The average Bonchev–Trinajstić information content (AvgIpc) is 3.12. The highest BCUT2D eigenvalue weighted by Gasteiger charge is 2.28. The predicted octanol–water partition coefficient (Wildman–Crippen LogP) is 1.82. The molecule has 2 aromatic rings. The summed E-state index contributed by atoms with van der Waals surface area (Å²) in [6.07, 6.45) is 2.93. The lowest BCUT2D eigenvalue weighted by molar-refractivity contribution is 0.202. The predicted molar refractivity (Wildman–Crippen MR) is 99.2 cm³/mol. The van der Waals surface area contributed by atoms with Gasteiger partial charge in [-0.2, -0.15) is 0 Å². The minimum atomic E-state index is -3.27. The van der Waals surface area contributed by atoms with E-state index < -0.39 is 9.84 Å². The Labute approximate surface area is 157 Å². The van der Waals surface area contributed by atoms with E-state index in [0.29, 0.717) is 15.7 Å². The van der Waals surface area contributed by atoms with Crippen molar-refractivity contribution in [3.8, 4) is 5.75 Å². The fourth-order valence-corrected chi connectivity index (χ4v) is 5.10. The van der Waals surface area contributed by atoms with Crippen molar-refractivity contribution in [2.45, 2.75) is 36.1 Å². The Morgan fingerprint density at radius 1 is 1.35 bits per heavy atom. The second kappa shape index (κ2) is 7.99. The van der Waals surface area contributed by atoms with E-state index in [1.807, 2.05) is 18.2 Å². The molecule has 1 aromatic heterocycles. The molecular formula is C17H23N3O4S2. The van der Waals surface area contributed by atoms with Crippen LogP contribution in [0.5, 0.6) is 5.75 Å². The molecule has 0 aliphatic carbocycles. The molecule has 0 bridgehead atoms. The second-order valence-corrected chi connectivity index (χ2v) is 9.54. The van der Waals surface area contributed by atoms with Crippen LogP contribution >= 0.6 is 11.5 Å². The van der Waals surface area contributed by atoms with Crippen molar-refractivity contribution in [3.63, 3.8) is 0 Å². The summed E-state index contributed by atoms with van der Waals surface area (Å²) < 4.78 is 33.1. The van der Waals surface area contributed by atoms with Gasteiger partial charge in [-0.25, -0.2) is 8.42 Å². The van der Waals surface area contributed by atoms with E-state index >= 15 is 0 Å². The van der Waals surface area contributed by atoms with Crippen molar-refractivity contribution >= 4 is 21.4 Å². The average molecular weight is 398 g/mol. The Hall–Kier alpha value is -1.55. The minimum absolute atomic E-state index is 0.0514. The van der Waals surface area contributed by atoms with Crippen LogP contribution in [-0.2, 0) is 23.0 Å². The Balaban J connectivity index is 1.64. The van der Waals surface area contributed by atoms with Crippen molar-refractivity contribution in [2.75, 3.05) is 26.5 Å². The number of hydrogen-bond donors (Lipinski definition) is 1. The second-order valence-electron chi connectivity index (χ2n) is 6.57. The molecule has 0 atom stereocenters. The molecule has 9 heteroatoms. The van der Waals surface area contributed by atoms with Gasteiger partial charge in [-0.15, -0.1) is 5.10 Å². The molecule has 0 radical (unpaired) electrons. The Kier molecular flexibility index (Phi) is 5.91. The monoisotopic (exact) mass is 397 g/mol. The number of ether oxygens (including phenoxy) is 1. The molecule has 1 fully saturated rings. The van der Waals surface area contributed by atoms with Gasteiger partial charge in [-0.05, 0) is 43.6 Å². The van der Waals surface area contributed by atoms with Gasteiger partial charge in [-0.3, -0.25) is 4.90 Å². The number of rotatable bonds is 6. The summed E-state index contributed by atoms with van der Waals surface area (Å²) >= 11 is 0.963. The van der Waals surface area contributed by atoms with Crippen LogP contribution in [0.25, 0.3) is 0 Å². The van der Waals surface area contributed by atoms with E-state index in [1.165, 1.54) is 6.26 Å². The molecule has 1 aromatic carbocycles. The number of piperidine rings is 1. The summed E-state index contributed by atoms with van der Waals surface area (Å²) in [4.78, 5) is 2.33. The summed E-state index contributed by atoms with van der Waals surface area (Å²) in [6.45, 7) is 2.47. The van der Waals surface area contributed by atoms with Gasteiger partial charge in [0.15, 0.2) is 14.0 Å². The van der Waals surface area contributed by atoms with Crippen molar-refractivity contribution in [1.82, 2.24) is 14.5 Å². The van der Waals surface area contributed by atoms with Gasteiger partial charge < -0.3 is 9.84 Å². The topological polar surface area (TPSA) is 92.6 Å². The maximum Gasteiger partial charge on any atom is 0.188 e. The number of nitrogens with zero attached hydrogens (tertiary/aromatic N) is 3. The van der Waals surface area contributed by atoms with Gasteiger partial charge in [0, 0.05) is 35.8 Å². The third-order valence-electron chi connectivity index (χ3n) is 4.71. The van der Waals surface area contributed by atoms with Crippen molar-refractivity contribution in [2.24, 2.45) is 0 Å². The van der Waals surface area contributed by atoms with E-state index in [-0.39, 0.29) is 12.5 Å². The van der Waals surface area contributed by atoms with Gasteiger partial charge in [0.1, 0.15) is 5.75 Å². The van der Waals surface area contributed by atoms with Crippen LogP contribution in [0.1, 0.15) is 35.6 Å². The first-order valence-corrected chi connectivity index (χ1v) is 11.1. The van der Waals surface area contributed by atoms with Crippen LogP contribution < -0.4 is 4.74 Å². The van der Waals surface area contributed by atoms with Crippen molar-refractivity contribution in [1.29, 1.82) is 0 Å². The van der Waals surface area contributed by atoms with Crippen molar-refractivity contribution < 1.29 is 18.3 Å². The minimum Gasteiger partial charge on any atom is -0.496 e. The molecule has 1 aliphatic heterocycles. The number of likely N-dealkylation sites (tertiary alicyclic amines) is 1. The molecule has 0 amide bonds. The van der Waals surface area contributed by atoms with E-state index in [9.17, 15) is 13.5 Å². The van der Waals surface area contributed by atoms with Gasteiger partial charge >= 0.3 is 0 Å². The highest BCUT2D eigenvalue weighted by atomic mass is 32.2. The number of hydrogen-bond acceptors (Lipinski definition) is 8. The lowest BCUT2D eigenvalue weighted by Crippen LogP contribution is -2.32. The first kappa shape index (κ1) is 19.2. The molecule has 26 heavy (non-hydrogen) atoms. The number of methoxy groups -OCH3 is 1. The molecule has 1 aliphatic rings. The van der Waals surface area contributed by atoms with Crippen molar-refractivity contribution in [3.05, 3.63) is 35.0 Å². The summed E-state index contributed by atoms with van der Waals surface area (Å²) in [6, 6.07) is 5.86. The van der Waals surface area contributed by atoms with Gasteiger partial charge in [-0.1, -0.05) is 10.6 Å². The van der Waals surface area contributed by atoms with Gasteiger partial charge in [0.05, 0.1) is 19.4 Å². The number of aliphatic hydroxyl groups is 1. The van der Waals surface area contributed by atoms with Crippen LogP contribution in [-0.4, -0.2) is 54.5 Å². The van der Waals surface area contributed by atoms with E-state index in [1.54, 1.807) is 7.11 Å². The molecule has 0 saturated carbocycles. The normalized spacial score (nSPS) is 16.7. The molecule has 1 saturated heterocycles. The van der Waals surface area contributed by atoms with Crippen LogP contribution in [0.3, 0.4) is 0 Å². The molecule has 0 unspecified atom stereocenters. The van der Waals surface area contributed by atoms with Crippen LogP contribution in [0, 0.1) is 0 Å². The number of sulfone groups is 1. The Morgan fingerprint density at radius 2 is 2.08 bits per heavy atom. The molecule has 7 nitrogen and oxygen atoms in total. The SMILES string of the molecule is COc1ccc(CN2CCC(c3nnsc3S(C)(=O)=O)CC2)cc1CO. The summed E-state index contributed by atoms with van der Waals surface area (Å²) in [5, 5.41) is 13.5. The number of benzene rings is 1. The highest BCUT2D eigenvalue weighted by Crippen LogP contribution is 2.33. The fourth-order valence-electron chi connectivity index (χ4n) is 3.37. The van der Waals surface area contributed by atoms with Gasteiger partial charge in [0.25, 0.3) is 0 Å². The molecule has 2 heterocycles. The third kappa shape index (κ3) is 4.22. The third-order valence-corrected chi connectivity index (χ3v) is 7.27. The molecule has 142 valence electrons. The highest BCUT2D eigenvalue weighted by molar-refractivity contribution is 7.92. The summed E-state index contributed by atoms with van der Waals surface area (Å²) in [7, 11) is -1.68. The number of aliphatic hydroxyl groups excluding tert-OH is 1. The Bertz CT molecular complexity index is 859.